The van der Waals surface area contributed by atoms with Gasteiger partial charge in [0.25, 0.3) is 0 Å². The number of hydrogen-bond donors (Lipinski definition) is 2. The number of Topliss-reactive ketones (excluding diaryl/α,β-unsaturated/α-hetero) is 1. The highest BCUT2D eigenvalue weighted by molar-refractivity contribution is 5.97. The van der Waals surface area contributed by atoms with Gasteiger partial charge in [0.1, 0.15) is 5.75 Å². The first kappa shape index (κ1) is 18.2. The number of aliphatic hydroxyl groups is 1. The van der Waals surface area contributed by atoms with Crippen molar-refractivity contribution in [3.8, 4) is 5.75 Å². The molecule has 2 aromatic rings. The number of ketones is 1. The van der Waals surface area contributed by atoms with Crippen LogP contribution in [-0.2, 0) is 5.60 Å². The first-order valence-electron chi connectivity index (χ1n) is 9.62. The summed E-state index contributed by atoms with van der Waals surface area (Å²) in [5.74, 6) is 0.632. The fraction of sp³-hybridized carbons (Fsp3) is 0.435. The van der Waals surface area contributed by atoms with Crippen molar-refractivity contribution >= 4 is 5.78 Å². The van der Waals surface area contributed by atoms with E-state index in [0.29, 0.717) is 18.0 Å². The highest BCUT2D eigenvalue weighted by Gasteiger charge is 2.56. The summed E-state index contributed by atoms with van der Waals surface area (Å²) in [6.07, 6.45) is 1.48. The van der Waals surface area contributed by atoms with Crippen LogP contribution in [0.2, 0.25) is 0 Å². The number of phenolic OH excluding ortho intramolecular Hbond substituents is 1. The first-order chi connectivity index (χ1) is 12.8. The Bertz CT molecular complexity index is 862. The second-order valence-corrected chi connectivity index (χ2v) is 8.72. The molecule has 4 nitrogen and oxygen atoms in total. The van der Waals surface area contributed by atoms with E-state index in [4.69, 9.17) is 0 Å². The molecule has 2 N–H and O–H groups in total. The van der Waals surface area contributed by atoms with Gasteiger partial charge in [-0.1, -0.05) is 31.2 Å². The van der Waals surface area contributed by atoms with Crippen molar-refractivity contribution in [1.29, 1.82) is 0 Å². The maximum absolute atomic E-state index is 12.6. The smallest absolute Gasteiger partial charge is 0.176 e. The number of nitrogens with zero attached hydrogens (tertiary/aromatic N) is 1. The number of likely N-dealkylation sites (tertiary alicyclic amines) is 1. The second-order valence-electron chi connectivity index (χ2n) is 8.72. The number of carbonyl (C=O) groups excluding carboxylic acids is 1. The maximum atomic E-state index is 12.6. The molecule has 4 rings (SSSR count). The predicted molar refractivity (Wildman–Crippen MR) is 105 cm³/mol. The van der Waals surface area contributed by atoms with Gasteiger partial charge in [-0.3, -0.25) is 9.69 Å². The van der Waals surface area contributed by atoms with Crippen LogP contribution in [-0.4, -0.2) is 40.5 Å². The SMILES string of the molecule is Cc1ccccc1[C@@]1(O)C[C@@H]2CN(CC(=O)c3ccc(O)cc3)C[C@]2(C)C1. The molecule has 4 heteroatoms. The highest BCUT2D eigenvalue weighted by atomic mass is 16.3. The quantitative estimate of drug-likeness (QED) is 0.814. The predicted octanol–water partition coefficient (Wildman–Crippen LogP) is 3.50. The molecule has 3 atom stereocenters. The van der Waals surface area contributed by atoms with Crippen molar-refractivity contribution in [3.05, 3.63) is 65.2 Å². The van der Waals surface area contributed by atoms with Gasteiger partial charge < -0.3 is 10.2 Å². The fourth-order valence-corrected chi connectivity index (χ4v) is 5.26. The molecule has 1 aliphatic carbocycles. The summed E-state index contributed by atoms with van der Waals surface area (Å²) in [6, 6.07) is 14.6. The van der Waals surface area contributed by atoms with Gasteiger partial charge in [-0.15, -0.1) is 0 Å². The molecular formula is C23H27NO3. The van der Waals surface area contributed by atoms with Crippen LogP contribution >= 0.6 is 0 Å². The third-order valence-electron chi connectivity index (χ3n) is 6.53. The second kappa shape index (κ2) is 6.47. The molecule has 1 saturated carbocycles. The van der Waals surface area contributed by atoms with Gasteiger partial charge in [0.15, 0.2) is 5.78 Å². The van der Waals surface area contributed by atoms with E-state index in [1.54, 1.807) is 24.3 Å². The van der Waals surface area contributed by atoms with Crippen LogP contribution in [0.15, 0.2) is 48.5 Å². The number of benzene rings is 2. The van der Waals surface area contributed by atoms with Crippen LogP contribution in [0, 0.1) is 18.3 Å². The number of rotatable bonds is 4. The summed E-state index contributed by atoms with van der Waals surface area (Å²) in [5.41, 5.74) is 2.08. The van der Waals surface area contributed by atoms with Crippen LogP contribution in [0.25, 0.3) is 0 Å². The summed E-state index contributed by atoms with van der Waals surface area (Å²) in [4.78, 5) is 14.8. The number of phenols is 1. The van der Waals surface area contributed by atoms with Crippen LogP contribution in [0.1, 0.15) is 41.3 Å². The van der Waals surface area contributed by atoms with Crippen molar-refractivity contribution in [3.63, 3.8) is 0 Å². The highest BCUT2D eigenvalue weighted by Crippen LogP contribution is 2.56. The summed E-state index contributed by atoms with van der Waals surface area (Å²) in [6.45, 7) is 6.37. The summed E-state index contributed by atoms with van der Waals surface area (Å²) in [5, 5.41) is 20.8. The number of carbonyl (C=O) groups is 1. The summed E-state index contributed by atoms with van der Waals surface area (Å²) >= 11 is 0. The number of aromatic hydroxyl groups is 1. The lowest BCUT2D eigenvalue weighted by atomic mass is 9.81. The number of aryl methyl sites for hydroxylation is 1. The monoisotopic (exact) mass is 365 g/mol. The Balaban J connectivity index is 1.45. The molecule has 1 aliphatic heterocycles. The lowest BCUT2D eigenvalue weighted by Crippen LogP contribution is -2.33. The van der Waals surface area contributed by atoms with E-state index in [0.717, 1.165) is 37.1 Å². The Morgan fingerprint density at radius 3 is 2.56 bits per heavy atom. The van der Waals surface area contributed by atoms with Gasteiger partial charge in [0, 0.05) is 18.7 Å². The van der Waals surface area contributed by atoms with Gasteiger partial charge in [-0.25, -0.2) is 0 Å². The summed E-state index contributed by atoms with van der Waals surface area (Å²) < 4.78 is 0. The molecule has 1 heterocycles. The van der Waals surface area contributed by atoms with E-state index >= 15 is 0 Å². The van der Waals surface area contributed by atoms with Gasteiger partial charge in [-0.05, 0) is 66.5 Å². The van der Waals surface area contributed by atoms with Crippen molar-refractivity contribution < 1.29 is 15.0 Å². The maximum Gasteiger partial charge on any atom is 0.176 e. The minimum absolute atomic E-state index is 0.0201. The molecule has 142 valence electrons. The van der Waals surface area contributed by atoms with E-state index < -0.39 is 5.60 Å². The average molecular weight is 365 g/mol. The zero-order chi connectivity index (χ0) is 19.2. The molecular weight excluding hydrogens is 338 g/mol. The standard InChI is InChI=1S/C23H27NO3/c1-16-5-3-4-6-20(16)23(27)11-18-12-24(15-22(18,2)14-23)13-21(26)17-7-9-19(25)10-8-17/h3-10,18,25,27H,11-15H2,1-2H3/t18-,22+,23-/m1/s1. The summed E-state index contributed by atoms with van der Waals surface area (Å²) in [7, 11) is 0. The van der Waals surface area contributed by atoms with Crippen molar-refractivity contribution in [2.75, 3.05) is 19.6 Å². The van der Waals surface area contributed by atoms with Crippen molar-refractivity contribution in [2.45, 2.75) is 32.3 Å². The van der Waals surface area contributed by atoms with Gasteiger partial charge in [-0.2, -0.15) is 0 Å². The third-order valence-corrected chi connectivity index (χ3v) is 6.53. The lowest BCUT2D eigenvalue weighted by Gasteiger charge is -2.30. The topological polar surface area (TPSA) is 60.8 Å². The largest absolute Gasteiger partial charge is 0.508 e. The zero-order valence-corrected chi connectivity index (χ0v) is 16.0. The molecule has 0 radical (unpaired) electrons. The molecule has 0 aromatic heterocycles. The molecule has 2 fully saturated rings. The Morgan fingerprint density at radius 2 is 1.89 bits per heavy atom. The van der Waals surface area contributed by atoms with Gasteiger partial charge >= 0.3 is 0 Å². The third kappa shape index (κ3) is 3.28. The molecule has 0 spiro atoms. The van der Waals surface area contributed by atoms with Gasteiger partial charge in [0.05, 0.1) is 12.1 Å². The van der Waals surface area contributed by atoms with Crippen molar-refractivity contribution in [2.24, 2.45) is 11.3 Å². The Labute approximate surface area is 160 Å². The van der Waals surface area contributed by atoms with Crippen LogP contribution in [0.5, 0.6) is 5.75 Å². The molecule has 2 aromatic carbocycles. The van der Waals surface area contributed by atoms with Crippen molar-refractivity contribution in [1.82, 2.24) is 4.90 Å². The zero-order valence-electron chi connectivity index (χ0n) is 16.0. The van der Waals surface area contributed by atoms with Crippen LogP contribution < -0.4 is 0 Å². The Hall–Kier alpha value is -2.17. The molecule has 0 amide bonds. The minimum Gasteiger partial charge on any atom is -0.508 e. The number of fused-ring (bicyclic) bond motifs is 1. The van der Waals surface area contributed by atoms with Crippen LogP contribution in [0.4, 0.5) is 0 Å². The van der Waals surface area contributed by atoms with Crippen LogP contribution in [0.3, 0.4) is 0 Å². The van der Waals surface area contributed by atoms with E-state index in [9.17, 15) is 15.0 Å². The van der Waals surface area contributed by atoms with E-state index in [1.807, 2.05) is 18.2 Å². The van der Waals surface area contributed by atoms with Gasteiger partial charge in [0.2, 0.25) is 0 Å². The molecule has 2 aliphatic rings. The molecule has 27 heavy (non-hydrogen) atoms. The van der Waals surface area contributed by atoms with E-state index in [1.165, 1.54) is 0 Å². The Morgan fingerprint density at radius 1 is 1.19 bits per heavy atom. The molecule has 0 bridgehead atoms. The normalized spacial score (nSPS) is 30.4. The van der Waals surface area contributed by atoms with E-state index in [-0.39, 0.29) is 16.9 Å². The lowest BCUT2D eigenvalue weighted by molar-refractivity contribution is 0.0243. The first-order valence-corrected chi connectivity index (χ1v) is 9.62. The fourth-order valence-electron chi connectivity index (χ4n) is 5.26. The van der Waals surface area contributed by atoms with E-state index in [2.05, 4.69) is 24.8 Å². The molecule has 1 saturated heterocycles. The Kier molecular flexibility index (Phi) is 4.36. The number of hydrogen-bond acceptors (Lipinski definition) is 4. The average Bonchev–Trinajstić information content (AvgIpc) is 3.02. The molecule has 0 unspecified atom stereocenters. The minimum atomic E-state index is -0.766.